The zero-order valence-corrected chi connectivity index (χ0v) is 14.9. The maximum atomic E-state index is 12.2. The monoisotopic (exact) mass is 376 g/mol. The Hall–Kier alpha value is -1.85. The van der Waals surface area contributed by atoms with E-state index in [0.29, 0.717) is 13.2 Å². The van der Waals surface area contributed by atoms with Crippen LogP contribution in [-0.2, 0) is 4.79 Å². The fourth-order valence-corrected chi connectivity index (χ4v) is 2.26. The summed E-state index contributed by atoms with van der Waals surface area (Å²) < 4.78 is 6.71. The molecule has 0 unspecified atom stereocenters. The number of hydrogen-bond donors (Lipinski definition) is 1. The van der Waals surface area contributed by atoms with E-state index in [-0.39, 0.29) is 11.9 Å². The van der Waals surface area contributed by atoms with E-state index in [1.807, 2.05) is 73.5 Å². The summed E-state index contributed by atoms with van der Waals surface area (Å²) in [6.45, 7) is 3.08. The van der Waals surface area contributed by atoms with Crippen molar-refractivity contribution in [2.45, 2.75) is 13.0 Å². The predicted molar refractivity (Wildman–Crippen MR) is 96.8 cm³/mol. The average molecular weight is 377 g/mol. The molecule has 5 heteroatoms. The van der Waals surface area contributed by atoms with Gasteiger partial charge >= 0.3 is 0 Å². The van der Waals surface area contributed by atoms with Gasteiger partial charge in [0.05, 0.1) is 6.04 Å². The fraction of sp³-hybridized carbons (Fsp3) is 0.278. The molecule has 0 aliphatic heterocycles. The first kappa shape index (κ1) is 17.5. The highest BCUT2D eigenvalue weighted by Crippen LogP contribution is 2.16. The third-order valence-electron chi connectivity index (χ3n) is 3.61. The molecule has 0 saturated heterocycles. The Kier molecular flexibility index (Phi) is 6.62. The number of nitrogens with one attached hydrogen (secondary N) is 1. The second kappa shape index (κ2) is 8.70. The van der Waals surface area contributed by atoms with Gasteiger partial charge in [-0.25, -0.2) is 0 Å². The van der Waals surface area contributed by atoms with Crippen molar-refractivity contribution in [3.8, 4) is 5.75 Å². The Morgan fingerprint density at radius 3 is 2.48 bits per heavy atom. The lowest BCUT2D eigenvalue weighted by atomic mass is 10.2. The highest BCUT2D eigenvalue weighted by molar-refractivity contribution is 9.10. The van der Waals surface area contributed by atoms with Crippen molar-refractivity contribution in [3.05, 3.63) is 59.1 Å². The summed E-state index contributed by atoms with van der Waals surface area (Å²) in [6.07, 6.45) is 0. The van der Waals surface area contributed by atoms with Gasteiger partial charge in [-0.05, 0) is 50.4 Å². The van der Waals surface area contributed by atoms with Crippen LogP contribution in [0.15, 0.2) is 59.1 Å². The number of halogens is 1. The van der Waals surface area contributed by atoms with E-state index in [9.17, 15) is 4.79 Å². The SMILES string of the molecule is C[C@H](C(=O)Nc1ccccc1)N(C)CCOc1ccc(Br)cc1. The Morgan fingerprint density at radius 1 is 1.17 bits per heavy atom. The molecule has 1 N–H and O–H groups in total. The molecular formula is C18H21BrN2O2. The molecule has 0 saturated carbocycles. The first-order valence-electron chi connectivity index (χ1n) is 7.51. The number of ether oxygens (including phenoxy) is 1. The van der Waals surface area contributed by atoms with Crippen LogP contribution in [-0.4, -0.2) is 37.0 Å². The first-order chi connectivity index (χ1) is 11.1. The molecule has 122 valence electrons. The number of amides is 1. The molecule has 0 spiro atoms. The minimum Gasteiger partial charge on any atom is -0.492 e. The number of benzene rings is 2. The van der Waals surface area contributed by atoms with Crippen LogP contribution in [0.3, 0.4) is 0 Å². The normalized spacial score (nSPS) is 12.0. The van der Waals surface area contributed by atoms with Gasteiger partial charge in [-0.1, -0.05) is 34.1 Å². The molecule has 1 atom stereocenters. The summed E-state index contributed by atoms with van der Waals surface area (Å²) in [4.78, 5) is 14.2. The maximum absolute atomic E-state index is 12.2. The molecule has 0 bridgehead atoms. The maximum Gasteiger partial charge on any atom is 0.241 e. The smallest absolute Gasteiger partial charge is 0.241 e. The third-order valence-corrected chi connectivity index (χ3v) is 4.14. The van der Waals surface area contributed by atoms with Crippen LogP contribution in [0.4, 0.5) is 5.69 Å². The van der Waals surface area contributed by atoms with Gasteiger partial charge in [-0.3, -0.25) is 9.69 Å². The van der Waals surface area contributed by atoms with Crippen LogP contribution in [0.1, 0.15) is 6.92 Å². The lowest BCUT2D eigenvalue weighted by molar-refractivity contribution is -0.120. The van der Waals surface area contributed by atoms with Crippen molar-refractivity contribution in [1.82, 2.24) is 4.90 Å². The number of nitrogens with zero attached hydrogens (tertiary/aromatic N) is 1. The van der Waals surface area contributed by atoms with Crippen LogP contribution < -0.4 is 10.1 Å². The van der Waals surface area contributed by atoms with Gasteiger partial charge in [0.1, 0.15) is 12.4 Å². The largest absolute Gasteiger partial charge is 0.492 e. The zero-order chi connectivity index (χ0) is 16.7. The Bertz CT molecular complexity index is 617. The third kappa shape index (κ3) is 5.69. The van der Waals surface area contributed by atoms with Crippen molar-refractivity contribution in [2.75, 3.05) is 25.5 Å². The summed E-state index contributed by atoms with van der Waals surface area (Å²) in [5, 5.41) is 2.91. The molecule has 0 radical (unpaired) electrons. The van der Waals surface area contributed by atoms with Crippen molar-refractivity contribution in [3.63, 3.8) is 0 Å². The van der Waals surface area contributed by atoms with E-state index in [1.54, 1.807) is 0 Å². The van der Waals surface area contributed by atoms with Gasteiger partial charge in [-0.15, -0.1) is 0 Å². The predicted octanol–water partition coefficient (Wildman–Crippen LogP) is 3.79. The second-order valence-electron chi connectivity index (χ2n) is 5.31. The highest BCUT2D eigenvalue weighted by atomic mass is 79.9. The van der Waals surface area contributed by atoms with Crippen LogP contribution in [0.2, 0.25) is 0 Å². The van der Waals surface area contributed by atoms with Crippen molar-refractivity contribution in [1.29, 1.82) is 0 Å². The fourth-order valence-electron chi connectivity index (χ4n) is 2.00. The Morgan fingerprint density at radius 2 is 1.83 bits per heavy atom. The number of para-hydroxylation sites is 1. The quantitative estimate of drug-likeness (QED) is 0.799. The molecule has 4 nitrogen and oxygen atoms in total. The molecule has 2 aromatic carbocycles. The van der Waals surface area contributed by atoms with E-state index >= 15 is 0 Å². The second-order valence-corrected chi connectivity index (χ2v) is 6.23. The van der Waals surface area contributed by atoms with Gasteiger partial charge in [-0.2, -0.15) is 0 Å². The van der Waals surface area contributed by atoms with Crippen LogP contribution in [0.5, 0.6) is 5.75 Å². The lowest BCUT2D eigenvalue weighted by Crippen LogP contribution is -2.41. The van der Waals surface area contributed by atoms with Gasteiger partial charge in [0.15, 0.2) is 0 Å². The van der Waals surface area contributed by atoms with Crippen LogP contribution in [0.25, 0.3) is 0 Å². The van der Waals surface area contributed by atoms with Crippen molar-refractivity contribution >= 4 is 27.5 Å². The molecule has 0 aliphatic rings. The lowest BCUT2D eigenvalue weighted by Gasteiger charge is -2.23. The highest BCUT2D eigenvalue weighted by Gasteiger charge is 2.17. The molecule has 0 fully saturated rings. The minimum absolute atomic E-state index is 0.0256. The molecule has 0 aliphatic carbocycles. The van der Waals surface area contributed by atoms with E-state index in [1.165, 1.54) is 0 Å². The van der Waals surface area contributed by atoms with Crippen LogP contribution >= 0.6 is 15.9 Å². The first-order valence-corrected chi connectivity index (χ1v) is 8.30. The number of likely N-dealkylation sites (N-methyl/N-ethyl adjacent to an activating group) is 1. The number of hydrogen-bond acceptors (Lipinski definition) is 3. The molecule has 23 heavy (non-hydrogen) atoms. The van der Waals surface area contributed by atoms with Crippen LogP contribution in [0, 0.1) is 0 Å². The van der Waals surface area contributed by atoms with E-state index in [2.05, 4.69) is 21.2 Å². The zero-order valence-electron chi connectivity index (χ0n) is 13.3. The number of carbonyl (C=O) groups is 1. The standard InChI is InChI=1S/C18H21BrN2O2/c1-14(18(22)20-16-6-4-3-5-7-16)21(2)12-13-23-17-10-8-15(19)9-11-17/h3-11,14H,12-13H2,1-2H3,(H,20,22)/t14-/m1/s1. The molecule has 1 amide bonds. The van der Waals surface area contributed by atoms with Crippen molar-refractivity contribution < 1.29 is 9.53 Å². The minimum atomic E-state index is -0.233. The summed E-state index contributed by atoms with van der Waals surface area (Å²) in [5.74, 6) is 0.797. The molecule has 0 aromatic heterocycles. The summed E-state index contributed by atoms with van der Waals surface area (Å²) in [6, 6.07) is 16.9. The summed E-state index contributed by atoms with van der Waals surface area (Å²) >= 11 is 3.39. The van der Waals surface area contributed by atoms with Gasteiger partial charge in [0, 0.05) is 16.7 Å². The molecular weight excluding hydrogens is 356 g/mol. The number of carbonyl (C=O) groups excluding carboxylic acids is 1. The molecule has 2 rings (SSSR count). The van der Waals surface area contributed by atoms with Gasteiger partial charge < -0.3 is 10.1 Å². The topological polar surface area (TPSA) is 41.6 Å². The molecule has 0 heterocycles. The Balaban J connectivity index is 1.76. The van der Waals surface area contributed by atoms with Crippen molar-refractivity contribution in [2.24, 2.45) is 0 Å². The molecule has 2 aromatic rings. The van der Waals surface area contributed by atoms with E-state index < -0.39 is 0 Å². The van der Waals surface area contributed by atoms with E-state index in [0.717, 1.165) is 15.9 Å². The van der Waals surface area contributed by atoms with Gasteiger partial charge in [0.2, 0.25) is 5.91 Å². The van der Waals surface area contributed by atoms with E-state index in [4.69, 9.17) is 4.74 Å². The van der Waals surface area contributed by atoms with Gasteiger partial charge in [0.25, 0.3) is 0 Å². The Labute approximate surface area is 145 Å². The average Bonchev–Trinajstić information content (AvgIpc) is 2.56. The number of anilines is 1. The number of rotatable bonds is 7. The summed E-state index contributed by atoms with van der Waals surface area (Å²) in [5.41, 5.74) is 0.809. The summed E-state index contributed by atoms with van der Waals surface area (Å²) in [7, 11) is 1.92.